The van der Waals surface area contributed by atoms with E-state index in [9.17, 15) is 0 Å². The fraction of sp³-hybridized carbons (Fsp3) is 0.438. The van der Waals surface area contributed by atoms with Crippen LogP contribution < -0.4 is 4.74 Å². The molecule has 1 aromatic carbocycles. The summed E-state index contributed by atoms with van der Waals surface area (Å²) in [4.78, 5) is 4.11. The average Bonchev–Trinajstić information content (AvgIpc) is 2.96. The Balaban J connectivity index is 2.17. The lowest BCUT2D eigenvalue weighted by Crippen LogP contribution is -2.09. The molecule has 0 bridgehead atoms. The summed E-state index contributed by atoms with van der Waals surface area (Å²) < 4.78 is 7.99. The predicted octanol–water partition coefficient (Wildman–Crippen LogP) is 3.87. The molecule has 1 unspecified atom stereocenters. The number of rotatable bonds is 7. The van der Waals surface area contributed by atoms with Crippen molar-refractivity contribution in [3.05, 3.63) is 48.5 Å². The summed E-state index contributed by atoms with van der Waals surface area (Å²) in [5.41, 5.74) is 1.30. The maximum atomic E-state index is 5.86. The highest BCUT2D eigenvalue weighted by Crippen LogP contribution is 2.30. The molecule has 0 radical (unpaired) electrons. The van der Waals surface area contributed by atoms with Gasteiger partial charge in [-0.15, -0.1) is 0 Å². The summed E-state index contributed by atoms with van der Waals surface area (Å²) in [5.74, 6) is 1.48. The van der Waals surface area contributed by atoms with E-state index in [0.717, 1.165) is 31.7 Å². The third kappa shape index (κ3) is 3.60. The van der Waals surface area contributed by atoms with Crippen molar-refractivity contribution in [2.24, 2.45) is 0 Å². The van der Waals surface area contributed by atoms with Gasteiger partial charge in [-0.3, -0.25) is 0 Å². The van der Waals surface area contributed by atoms with E-state index >= 15 is 0 Å². The predicted molar refractivity (Wildman–Crippen MR) is 77.5 cm³/mol. The second-order valence-corrected chi connectivity index (χ2v) is 4.75. The number of nitrogens with zero attached hydrogens (tertiary/aromatic N) is 2. The zero-order valence-electron chi connectivity index (χ0n) is 11.7. The first-order valence-corrected chi connectivity index (χ1v) is 7.02. The smallest absolute Gasteiger partial charge is 0.122 e. The topological polar surface area (TPSA) is 27.1 Å². The summed E-state index contributed by atoms with van der Waals surface area (Å²) in [5, 5.41) is 0. The second-order valence-electron chi connectivity index (χ2n) is 4.75. The lowest BCUT2D eigenvalue weighted by Gasteiger charge is -2.19. The molecule has 3 heteroatoms. The van der Waals surface area contributed by atoms with Crippen molar-refractivity contribution in [1.29, 1.82) is 0 Å². The molecule has 19 heavy (non-hydrogen) atoms. The Bertz CT molecular complexity index is 479. The zero-order chi connectivity index (χ0) is 13.5. The molecule has 1 aromatic heterocycles. The first kappa shape index (κ1) is 13.7. The van der Waals surface area contributed by atoms with Gasteiger partial charge in [-0.05, 0) is 24.5 Å². The van der Waals surface area contributed by atoms with Crippen LogP contribution in [0.1, 0.15) is 38.2 Å². The third-order valence-corrected chi connectivity index (χ3v) is 3.30. The molecule has 102 valence electrons. The van der Waals surface area contributed by atoms with Gasteiger partial charge >= 0.3 is 0 Å². The molecule has 0 aliphatic heterocycles. The van der Waals surface area contributed by atoms with Gasteiger partial charge in [-0.1, -0.05) is 32.0 Å². The van der Waals surface area contributed by atoms with E-state index < -0.39 is 0 Å². The fourth-order valence-electron chi connectivity index (χ4n) is 2.26. The van der Waals surface area contributed by atoms with Crippen LogP contribution in [0.4, 0.5) is 0 Å². The van der Waals surface area contributed by atoms with Crippen LogP contribution in [-0.2, 0) is 6.54 Å². The van der Waals surface area contributed by atoms with Crippen molar-refractivity contribution in [3.8, 4) is 5.75 Å². The van der Waals surface area contributed by atoms with E-state index in [1.807, 2.05) is 24.8 Å². The Morgan fingerprint density at radius 3 is 2.79 bits per heavy atom. The van der Waals surface area contributed by atoms with E-state index in [4.69, 9.17) is 4.74 Å². The summed E-state index contributed by atoms with van der Waals surface area (Å²) in [6.07, 6.45) is 7.83. The Labute approximate surface area is 115 Å². The number of aromatic nitrogens is 2. The van der Waals surface area contributed by atoms with Gasteiger partial charge in [0.1, 0.15) is 5.75 Å². The normalized spacial score (nSPS) is 12.3. The van der Waals surface area contributed by atoms with Crippen LogP contribution in [0.3, 0.4) is 0 Å². The molecule has 0 amide bonds. The van der Waals surface area contributed by atoms with E-state index in [2.05, 4.69) is 41.6 Å². The summed E-state index contributed by atoms with van der Waals surface area (Å²) in [7, 11) is 0. The molecular formula is C16H22N2O. The van der Waals surface area contributed by atoms with Crippen molar-refractivity contribution in [1.82, 2.24) is 9.55 Å². The Morgan fingerprint density at radius 2 is 2.11 bits per heavy atom. The van der Waals surface area contributed by atoms with E-state index in [0.29, 0.717) is 5.92 Å². The molecule has 2 rings (SSSR count). The highest BCUT2D eigenvalue weighted by Gasteiger charge is 2.14. The van der Waals surface area contributed by atoms with Crippen molar-refractivity contribution < 1.29 is 4.74 Å². The van der Waals surface area contributed by atoms with E-state index in [1.165, 1.54) is 5.56 Å². The van der Waals surface area contributed by atoms with Crippen molar-refractivity contribution in [2.45, 2.75) is 39.2 Å². The van der Waals surface area contributed by atoms with Crippen molar-refractivity contribution in [2.75, 3.05) is 6.61 Å². The molecular weight excluding hydrogens is 236 g/mol. The number of para-hydroxylation sites is 1. The second kappa shape index (κ2) is 6.98. The average molecular weight is 258 g/mol. The van der Waals surface area contributed by atoms with Gasteiger partial charge < -0.3 is 9.30 Å². The quantitative estimate of drug-likeness (QED) is 0.754. The standard InChI is InChI=1S/C16H22N2O/c1-3-11-19-16-8-6-5-7-15(16)14(4-2)12-18-10-9-17-13-18/h5-10,13-14H,3-4,11-12H2,1-2H3. The minimum Gasteiger partial charge on any atom is -0.493 e. The van der Waals surface area contributed by atoms with Gasteiger partial charge in [0, 0.05) is 24.9 Å². The summed E-state index contributed by atoms with van der Waals surface area (Å²) in [6, 6.07) is 8.38. The van der Waals surface area contributed by atoms with Gasteiger partial charge in [0.05, 0.1) is 12.9 Å². The Hall–Kier alpha value is -1.77. The number of imidazole rings is 1. The molecule has 2 aromatic rings. The largest absolute Gasteiger partial charge is 0.493 e. The monoisotopic (exact) mass is 258 g/mol. The maximum absolute atomic E-state index is 5.86. The van der Waals surface area contributed by atoms with Gasteiger partial charge in [0.15, 0.2) is 0 Å². The Morgan fingerprint density at radius 1 is 1.26 bits per heavy atom. The molecule has 0 saturated heterocycles. The minimum absolute atomic E-state index is 0.460. The zero-order valence-corrected chi connectivity index (χ0v) is 11.7. The van der Waals surface area contributed by atoms with E-state index in [1.54, 1.807) is 0 Å². The van der Waals surface area contributed by atoms with Crippen LogP contribution >= 0.6 is 0 Å². The molecule has 0 aliphatic rings. The van der Waals surface area contributed by atoms with Crippen LogP contribution in [0.2, 0.25) is 0 Å². The molecule has 1 atom stereocenters. The number of benzene rings is 1. The summed E-state index contributed by atoms with van der Waals surface area (Å²) >= 11 is 0. The molecule has 0 saturated carbocycles. The molecule has 0 spiro atoms. The fourth-order valence-corrected chi connectivity index (χ4v) is 2.26. The van der Waals surface area contributed by atoms with Crippen LogP contribution in [0.25, 0.3) is 0 Å². The highest BCUT2D eigenvalue weighted by atomic mass is 16.5. The third-order valence-electron chi connectivity index (χ3n) is 3.30. The Kier molecular flexibility index (Phi) is 5.01. The first-order valence-electron chi connectivity index (χ1n) is 7.02. The molecule has 0 N–H and O–H groups in total. The van der Waals surface area contributed by atoms with Crippen LogP contribution in [0.15, 0.2) is 43.0 Å². The number of hydrogen-bond donors (Lipinski definition) is 0. The lowest BCUT2D eigenvalue weighted by molar-refractivity contribution is 0.310. The molecule has 1 heterocycles. The first-order chi connectivity index (χ1) is 9.35. The molecule has 0 fully saturated rings. The van der Waals surface area contributed by atoms with E-state index in [-0.39, 0.29) is 0 Å². The maximum Gasteiger partial charge on any atom is 0.122 e. The van der Waals surface area contributed by atoms with Gasteiger partial charge in [0.2, 0.25) is 0 Å². The molecule has 0 aliphatic carbocycles. The van der Waals surface area contributed by atoms with Gasteiger partial charge in [-0.25, -0.2) is 4.98 Å². The van der Waals surface area contributed by atoms with Crippen molar-refractivity contribution in [3.63, 3.8) is 0 Å². The van der Waals surface area contributed by atoms with Crippen LogP contribution in [-0.4, -0.2) is 16.2 Å². The highest BCUT2D eigenvalue weighted by molar-refractivity contribution is 5.36. The molecule has 3 nitrogen and oxygen atoms in total. The van der Waals surface area contributed by atoms with Gasteiger partial charge in [-0.2, -0.15) is 0 Å². The lowest BCUT2D eigenvalue weighted by atomic mass is 9.95. The van der Waals surface area contributed by atoms with Crippen LogP contribution in [0, 0.1) is 0 Å². The van der Waals surface area contributed by atoms with Gasteiger partial charge in [0.25, 0.3) is 0 Å². The van der Waals surface area contributed by atoms with Crippen molar-refractivity contribution >= 4 is 0 Å². The number of ether oxygens (including phenoxy) is 1. The summed E-state index contributed by atoms with van der Waals surface area (Å²) in [6.45, 7) is 6.07. The minimum atomic E-state index is 0.460. The SMILES string of the molecule is CCCOc1ccccc1C(CC)Cn1ccnc1. The van der Waals surface area contributed by atoms with Crippen LogP contribution in [0.5, 0.6) is 5.75 Å². The number of hydrogen-bond acceptors (Lipinski definition) is 2.